The summed E-state index contributed by atoms with van der Waals surface area (Å²) in [5.41, 5.74) is 4.94. The van der Waals surface area contributed by atoms with E-state index in [0.717, 1.165) is 35.6 Å². The van der Waals surface area contributed by atoms with Crippen LogP contribution < -0.4 is 0 Å². The lowest BCUT2D eigenvalue weighted by atomic mass is 10.1. The normalized spacial score (nSPS) is 14.2. The first kappa shape index (κ1) is 20.9. The highest BCUT2D eigenvalue weighted by atomic mass is 32.1. The van der Waals surface area contributed by atoms with Gasteiger partial charge in [-0.2, -0.15) is 10.2 Å². The largest absolute Gasteiger partial charge is 0.301 e. The van der Waals surface area contributed by atoms with Crippen LogP contribution in [0.15, 0.2) is 72.5 Å². The topological polar surface area (TPSA) is 68.3 Å². The molecule has 7 nitrogen and oxygen atoms in total. The Balaban J connectivity index is 1.29. The molecule has 0 amide bonds. The number of nitrogens with zero attached hydrogens (tertiary/aromatic N) is 6. The van der Waals surface area contributed by atoms with E-state index < -0.39 is 0 Å². The van der Waals surface area contributed by atoms with Crippen molar-refractivity contribution >= 4 is 22.8 Å². The van der Waals surface area contributed by atoms with Crippen molar-refractivity contribution in [1.82, 2.24) is 29.3 Å². The lowest BCUT2D eigenvalue weighted by molar-refractivity contribution is 0.104. The van der Waals surface area contributed by atoms with Gasteiger partial charge in [0.2, 0.25) is 5.78 Å². The first-order valence-corrected chi connectivity index (χ1v) is 12.4. The summed E-state index contributed by atoms with van der Waals surface area (Å²) in [5, 5.41) is 11.2. The summed E-state index contributed by atoms with van der Waals surface area (Å²) < 4.78 is 3.77. The number of fused-ring (bicyclic) bond motifs is 1. The fourth-order valence-electron chi connectivity index (χ4n) is 4.54. The smallest absolute Gasteiger partial charge is 0.208 e. The predicted molar refractivity (Wildman–Crippen MR) is 133 cm³/mol. The molecule has 4 aromatic heterocycles. The standard InChI is InChI=1S/C26H24N6OS/c33-25(24-7-4-16-34-24)21-18-28-32-23(8-10-27-26(21)32)20-6-3-5-19(17-20)22-9-13-31(29-22)15-14-30-11-1-2-12-30/h3-10,13,16-18H,1-2,11-12,14-15H2. The molecule has 6 rings (SSSR count). The Morgan fingerprint density at radius 2 is 1.88 bits per heavy atom. The Hall–Kier alpha value is -3.62. The fourth-order valence-corrected chi connectivity index (χ4v) is 5.22. The summed E-state index contributed by atoms with van der Waals surface area (Å²) in [6.07, 6.45) is 8.01. The Morgan fingerprint density at radius 1 is 1.00 bits per heavy atom. The Kier molecular flexibility index (Phi) is 5.52. The number of carbonyl (C=O) groups is 1. The molecule has 1 aliphatic rings. The van der Waals surface area contributed by atoms with Gasteiger partial charge in [0.1, 0.15) is 0 Å². The number of benzene rings is 1. The summed E-state index contributed by atoms with van der Waals surface area (Å²) in [4.78, 5) is 20.6. The van der Waals surface area contributed by atoms with Crippen LogP contribution in [0.5, 0.6) is 0 Å². The molecule has 0 spiro atoms. The molecule has 1 aliphatic heterocycles. The van der Waals surface area contributed by atoms with E-state index in [1.807, 2.05) is 40.4 Å². The van der Waals surface area contributed by atoms with Gasteiger partial charge < -0.3 is 4.90 Å². The molecular formula is C26H24N6OS. The van der Waals surface area contributed by atoms with Crippen LogP contribution in [-0.2, 0) is 6.54 Å². The van der Waals surface area contributed by atoms with Gasteiger partial charge in [-0.15, -0.1) is 11.3 Å². The summed E-state index contributed by atoms with van der Waals surface area (Å²) in [6.45, 7) is 4.34. The molecule has 1 aromatic carbocycles. The van der Waals surface area contributed by atoms with Crippen LogP contribution in [0.3, 0.4) is 0 Å². The predicted octanol–water partition coefficient (Wildman–Crippen LogP) is 4.65. The number of ketones is 1. The van der Waals surface area contributed by atoms with Gasteiger partial charge in [-0.3, -0.25) is 9.48 Å². The molecule has 1 fully saturated rings. The van der Waals surface area contributed by atoms with E-state index in [-0.39, 0.29) is 5.78 Å². The van der Waals surface area contributed by atoms with E-state index in [1.54, 1.807) is 16.9 Å². The maximum atomic E-state index is 12.9. The number of hydrogen-bond donors (Lipinski definition) is 0. The molecule has 0 aliphatic carbocycles. The summed E-state index contributed by atoms with van der Waals surface area (Å²) in [5.74, 6) is -0.0529. The van der Waals surface area contributed by atoms with E-state index in [9.17, 15) is 4.79 Å². The molecule has 0 saturated carbocycles. The van der Waals surface area contributed by atoms with Crippen LogP contribution in [0.25, 0.3) is 28.2 Å². The molecule has 34 heavy (non-hydrogen) atoms. The van der Waals surface area contributed by atoms with Crippen molar-refractivity contribution in [3.63, 3.8) is 0 Å². The quantitative estimate of drug-likeness (QED) is 0.325. The fraction of sp³-hybridized carbons (Fsp3) is 0.231. The van der Waals surface area contributed by atoms with Crippen molar-refractivity contribution in [3.05, 3.63) is 82.9 Å². The van der Waals surface area contributed by atoms with Crippen molar-refractivity contribution in [3.8, 4) is 22.5 Å². The molecule has 0 atom stereocenters. The van der Waals surface area contributed by atoms with Crippen LogP contribution in [0.2, 0.25) is 0 Å². The van der Waals surface area contributed by atoms with E-state index >= 15 is 0 Å². The third kappa shape index (κ3) is 3.95. The first-order chi connectivity index (χ1) is 16.8. The van der Waals surface area contributed by atoms with Crippen molar-refractivity contribution in [1.29, 1.82) is 0 Å². The minimum absolute atomic E-state index is 0.0529. The number of rotatable bonds is 7. The zero-order chi connectivity index (χ0) is 22.9. The SMILES string of the molecule is O=C(c1cccs1)c1cnn2c(-c3cccc(-c4ccn(CCN5CCCC5)n4)c3)ccnc12. The Labute approximate surface area is 201 Å². The summed E-state index contributed by atoms with van der Waals surface area (Å²) in [6, 6.07) is 16.0. The zero-order valence-electron chi connectivity index (χ0n) is 18.7. The minimum atomic E-state index is -0.0529. The van der Waals surface area contributed by atoms with Crippen LogP contribution in [0, 0.1) is 0 Å². The van der Waals surface area contributed by atoms with Gasteiger partial charge in [0.15, 0.2) is 5.65 Å². The van der Waals surface area contributed by atoms with Gasteiger partial charge in [-0.1, -0.05) is 24.3 Å². The first-order valence-electron chi connectivity index (χ1n) is 11.5. The third-order valence-corrected chi connectivity index (χ3v) is 7.20. The maximum absolute atomic E-state index is 12.9. The van der Waals surface area contributed by atoms with Gasteiger partial charge in [0.05, 0.1) is 34.6 Å². The second-order valence-corrected chi connectivity index (χ2v) is 9.47. The molecule has 5 aromatic rings. The molecular weight excluding hydrogens is 444 g/mol. The highest BCUT2D eigenvalue weighted by molar-refractivity contribution is 7.12. The van der Waals surface area contributed by atoms with Crippen molar-refractivity contribution in [2.75, 3.05) is 19.6 Å². The average molecular weight is 469 g/mol. The lowest BCUT2D eigenvalue weighted by Crippen LogP contribution is -2.24. The molecule has 1 saturated heterocycles. The second kappa shape index (κ2) is 8.96. The highest BCUT2D eigenvalue weighted by Crippen LogP contribution is 2.27. The summed E-state index contributed by atoms with van der Waals surface area (Å²) in [7, 11) is 0. The Morgan fingerprint density at radius 3 is 2.74 bits per heavy atom. The second-order valence-electron chi connectivity index (χ2n) is 8.52. The minimum Gasteiger partial charge on any atom is -0.301 e. The van der Waals surface area contributed by atoms with Crippen LogP contribution in [0.4, 0.5) is 0 Å². The van der Waals surface area contributed by atoms with Crippen molar-refractivity contribution < 1.29 is 4.79 Å². The molecule has 0 radical (unpaired) electrons. The van der Waals surface area contributed by atoms with E-state index in [4.69, 9.17) is 5.10 Å². The monoisotopic (exact) mass is 468 g/mol. The molecule has 0 unspecified atom stereocenters. The number of thiophene rings is 1. The van der Waals surface area contributed by atoms with E-state index in [0.29, 0.717) is 16.1 Å². The van der Waals surface area contributed by atoms with Gasteiger partial charge in [0, 0.05) is 30.1 Å². The van der Waals surface area contributed by atoms with Gasteiger partial charge in [-0.25, -0.2) is 9.50 Å². The molecule has 0 bridgehead atoms. The average Bonchev–Trinajstić information content (AvgIpc) is 3.69. The molecule has 8 heteroatoms. The third-order valence-electron chi connectivity index (χ3n) is 6.33. The lowest BCUT2D eigenvalue weighted by Gasteiger charge is -2.13. The zero-order valence-corrected chi connectivity index (χ0v) is 19.5. The van der Waals surface area contributed by atoms with E-state index in [1.165, 1.54) is 37.3 Å². The highest BCUT2D eigenvalue weighted by Gasteiger charge is 2.19. The number of hydrogen-bond acceptors (Lipinski definition) is 6. The van der Waals surface area contributed by atoms with Crippen molar-refractivity contribution in [2.45, 2.75) is 19.4 Å². The van der Waals surface area contributed by atoms with Crippen molar-refractivity contribution in [2.24, 2.45) is 0 Å². The van der Waals surface area contributed by atoms with Crippen LogP contribution in [0.1, 0.15) is 28.1 Å². The molecule has 0 N–H and O–H groups in total. The van der Waals surface area contributed by atoms with Crippen LogP contribution in [-0.4, -0.2) is 54.7 Å². The number of aromatic nitrogens is 5. The molecule has 170 valence electrons. The molecule has 5 heterocycles. The van der Waals surface area contributed by atoms with E-state index in [2.05, 4.69) is 39.4 Å². The summed E-state index contributed by atoms with van der Waals surface area (Å²) >= 11 is 1.42. The number of likely N-dealkylation sites (tertiary alicyclic amines) is 1. The van der Waals surface area contributed by atoms with Crippen LogP contribution >= 0.6 is 11.3 Å². The van der Waals surface area contributed by atoms with Gasteiger partial charge >= 0.3 is 0 Å². The maximum Gasteiger partial charge on any atom is 0.208 e. The number of carbonyl (C=O) groups excluding carboxylic acids is 1. The van der Waals surface area contributed by atoms with Gasteiger partial charge in [-0.05, 0) is 55.6 Å². The van der Waals surface area contributed by atoms with Gasteiger partial charge in [0.25, 0.3) is 0 Å². The Bertz CT molecular complexity index is 1450.